The molecule has 0 heterocycles. The fourth-order valence-corrected chi connectivity index (χ4v) is 1.98. The highest BCUT2D eigenvalue weighted by molar-refractivity contribution is 6.30. The Labute approximate surface area is 117 Å². The van der Waals surface area contributed by atoms with E-state index in [9.17, 15) is 5.11 Å². The van der Waals surface area contributed by atoms with Gasteiger partial charge >= 0.3 is 0 Å². The molecule has 2 N–H and O–H groups in total. The van der Waals surface area contributed by atoms with Crippen LogP contribution in [-0.4, -0.2) is 10.2 Å². The highest BCUT2D eigenvalue weighted by Crippen LogP contribution is 2.26. The third kappa shape index (κ3) is 3.85. The second kappa shape index (κ2) is 6.41. The molecule has 1 unspecified atom stereocenters. The number of halogens is 1. The van der Waals surface area contributed by atoms with Crippen molar-refractivity contribution in [1.82, 2.24) is 0 Å². The van der Waals surface area contributed by atoms with Crippen LogP contribution in [0, 0.1) is 0 Å². The first-order chi connectivity index (χ1) is 9.16. The highest BCUT2D eigenvalue weighted by atomic mass is 35.5. The lowest BCUT2D eigenvalue weighted by molar-refractivity contribution is 0.180. The van der Waals surface area contributed by atoms with Crippen molar-refractivity contribution in [1.29, 1.82) is 0 Å². The minimum Gasteiger partial charge on any atom is -0.508 e. The van der Waals surface area contributed by atoms with E-state index < -0.39 is 0 Å². The van der Waals surface area contributed by atoms with Crippen molar-refractivity contribution in [2.24, 2.45) is 0 Å². The van der Waals surface area contributed by atoms with E-state index in [1.807, 2.05) is 30.3 Å². The van der Waals surface area contributed by atoms with E-state index in [4.69, 9.17) is 16.7 Å². The predicted octanol–water partition coefficient (Wildman–Crippen LogP) is 4.18. The zero-order valence-electron chi connectivity index (χ0n) is 10.3. The molecule has 3 heteroatoms. The van der Waals surface area contributed by atoms with Crippen LogP contribution in [0.4, 0.5) is 0 Å². The Bertz CT molecular complexity index is 540. The number of phenolic OH excluding ortho intramolecular Hbond substituents is 1. The van der Waals surface area contributed by atoms with Crippen molar-refractivity contribution < 1.29 is 10.2 Å². The number of rotatable bonds is 0. The van der Waals surface area contributed by atoms with Gasteiger partial charge in [-0.2, -0.15) is 0 Å². The van der Waals surface area contributed by atoms with Gasteiger partial charge in [0, 0.05) is 5.02 Å². The summed E-state index contributed by atoms with van der Waals surface area (Å²) >= 11 is 5.50. The van der Waals surface area contributed by atoms with Gasteiger partial charge in [0.1, 0.15) is 5.75 Å². The molecule has 19 heavy (non-hydrogen) atoms. The van der Waals surface area contributed by atoms with Crippen molar-refractivity contribution in [2.45, 2.75) is 12.5 Å². The summed E-state index contributed by atoms with van der Waals surface area (Å²) in [6.07, 6.45) is 4.52. The van der Waals surface area contributed by atoms with Crippen molar-refractivity contribution in [2.75, 3.05) is 0 Å². The van der Waals surface area contributed by atoms with Gasteiger partial charge in [0.15, 0.2) is 0 Å². The SMILES string of the molecule is OC1CC=Cc2ccccc21.Oc1ccc(Cl)cc1. The smallest absolute Gasteiger partial charge is 0.115 e. The zero-order valence-corrected chi connectivity index (χ0v) is 11.1. The molecule has 2 aromatic carbocycles. The molecule has 1 aliphatic carbocycles. The van der Waals surface area contributed by atoms with E-state index in [0.717, 1.165) is 17.5 Å². The zero-order chi connectivity index (χ0) is 13.7. The maximum Gasteiger partial charge on any atom is 0.115 e. The number of hydrogen-bond donors (Lipinski definition) is 2. The Morgan fingerprint density at radius 1 is 1.00 bits per heavy atom. The Morgan fingerprint density at radius 3 is 2.32 bits per heavy atom. The first-order valence-electron chi connectivity index (χ1n) is 6.05. The molecule has 2 aromatic rings. The third-order valence-electron chi connectivity index (χ3n) is 2.84. The fraction of sp³-hybridized carbons (Fsp3) is 0.125. The molecule has 0 aromatic heterocycles. The van der Waals surface area contributed by atoms with E-state index in [0.29, 0.717) is 5.02 Å². The summed E-state index contributed by atoms with van der Waals surface area (Å²) < 4.78 is 0. The number of fused-ring (bicyclic) bond motifs is 1. The molecule has 98 valence electrons. The molecule has 1 atom stereocenters. The van der Waals surface area contributed by atoms with E-state index in [1.54, 1.807) is 24.3 Å². The van der Waals surface area contributed by atoms with Crippen molar-refractivity contribution in [3.63, 3.8) is 0 Å². The minimum atomic E-state index is -0.295. The van der Waals surface area contributed by atoms with Crippen LogP contribution >= 0.6 is 11.6 Å². The first-order valence-corrected chi connectivity index (χ1v) is 6.42. The van der Waals surface area contributed by atoms with Crippen LogP contribution < -0.4 is 0 Å². The number of aliphatic hydroxyl groups excluding tert-OH is 1. The van der Waals surface area contributed by atoms with E-state index in [2.05, 4.69) is 6.08 Å². The molecular weight excluding hydrogens is 260 g/mol. The average Bonchev–Trinajstić information content (AvgIpc) is 2.44. The van der Waals surface area contributed by atoms with Crippen LogP contribution in [0.5, 0.6) is 5.75 Å². The van der Waals surface area contributed by atoms with Gasteiger partial charge < -0.3 is 10.2 Å². The molecule has 0 bridgehead atoms. The Kier molecular flexibility index (Phi) is 4.61. The predicted molar refractivity (Wildman–Crippen MR) is 78.2 cm³/mol. The van der Waals surface area contributed by atoms with Crippen LogP contribution in [-0.2, 0) is 0 Å². The summed E-state index contributed by atoms with van der Waals surface area (Å²) in [6.45, 7) is 0. The van der Waals surface area contributed by atoms with Crippen LogP contribution in [0.1, 0.15) is 23.7 Å². The molecular formula is C16H15ClO2. The van der Waals surface area contributed by atoms with Gasteiger partial charge in [-0.3, -0.25) is 0 Å². The largest absolute Gasteiger partial charge is 0.508 e. The molecule has 0 amide bonds. The van der Waals surface area contributed by atoms with Gasteiger partial charge in [0.25, 0.3) is 0 Å². The third-order valence-corrected chi connectivity index (χ3v) is 3.09. The highest BCUT2D eigenvalue weighted by Gasteiger charge is 2.11. The Balaban J connectivity index is 0.000000148. The van der Waals surface area contributed by atoms with Crippen LogP contribution in [0.25, 0.3) is 6.08 Å². The van der Waals surface area contributed by atoms with E-state index in [-0.39, 0.29) is 11.9 Å². The van der Waals surface area contributed by atoms with E-state index >= 15 is 0 Å². The fourth-order valence-electron chi connectivity index (χ4n) is 1.86. The molecule has 0 saturated carbocycles. The topological polar surface area (TPSA) is 40.5 Å². The normalized spacial score (nSPS) is 16.2. The molecule has 0 radical (unpaired) electrons. The van der Waals surface area contributed by atoms with Gasteiger partial charge in [-0.15, -0.1) is 0 Å². The number of aromatic hydroxyl groups is 1. The maximum absolute atomic E-state index is 9.51. The van der Waals surface area contributed by atoms with Crippen LogP contribution in [0.15, 0.2) is 54.6 Å². The summed E-state index contributed by atoms with van der Waals surface area (Å²) in [4.78, 5) is 0. The van der Waals surface area contributed by atoms with Gasteiger partial charge in [0.05, 0.1) is 6.10 Å². The molecule has 0 saturated heterocycles. The van der Waals surface area contributed by atoms with Gasteiger partial charge in [-0.25, -0.2) is 0 Å². The van der Waals surface area contributed by atoms with Crippen LogP contribution in [0.2, 0.25) is 5.02 Å². The van der Waals surface area contributed by atoms with Gasteiger partial charge in [0.2, 0.25) is 0 Å². The summed E-state index contributed by atoms with van der Waals surface area (Å²) in [7, 11) is 0. The standard InChI is InChI=1S/C10H10O.C6H5ClO/c11-10-7-3-5-8-4-1-2-6-9(8)10;7-5-1-3-6(8)4-2-5/h1-6,10-11H,7H2;1-4,8H. The van der Waals surface area contributed by atoms with Gasteiger partial charge in [-0.1, -0.05) is 48.0 Å². The number of aliphatic hydroxyl groups is 1. The summed E-state index contributed by atoms with van der Waals surface area (Å²) in [5.41, 5.74) is 2.20. The van der Waals surface area contributed by atoms with Crippen molar-refractivity contribution >= 4 is 17.7 Å². The maximum atomic E-state index is 9.51. The lowest BCUT2D eigenvalue weighted by Gasteiger charge is -2.15. The Morgan fingerprint density at radius 2 is 1.68 bits per heavy atom. The van der Waals surface area contributed by atoms with Crippen LogP contribution in [0.3, 0.4) is 0 Å². The van der Waals surface area contributed by atoms with Crippen molar-refractivity contribution in [3.05, 3.63) is 70.8 Å². The number of hydrogen-bond acceptors (Lipinski definition) is 2. The minimum absolute atomic E-state index is 0.245. The second-order valence-corrected chi connectivity index (χ2v) is 4.70. The quantitative estimate of drug-likeness (QED) is 0.756. The molecule has 0 spiro atoms. The second-order valence-electron chi connectivity index (χ2n) is 4.26. The van der Waals surface area contributed by atoms with Crippen molar-refractivity contribution in [3.8, 4) is 5.75 Å². The monoisotopic (exact) mass is 274 g/mol. The number of benzene rings is 2. The lowest BCUT2D eigenvalue weighted by atomic mass is 9.95. The summed E-state index contributed by atoms with van der Waals surface area (Å²) in [5, 5.41) is 18.8. The molecule has 1 aliphatic rings. The molecule has 3 rings (SSSR count). The molecule has 2 nitrogen and oxygen atoms in total. The summed E-state index contributed by atoms with van der Waals surface area (Å²) in [5.74, 6) is 0.245. The van der Waals surface area contributed by atoms with E-state index in [1.165, 1.54) is 0 Å². The first kappa shape index (κ1) is 13.7. The average molecular weight is 275 g/mol. The molecule has 0 aliphatic heterocycles. The lowest BCUT2D eigenvalue weighted by Crippen LogP contribution is -2.01. The molecule has 0 fully saturated rings. The Hall–Kier alpha value is -1.77. The van der Waals surface area contributed by atoms with Gasteiger partial charge in [-0.05, 0) is 41.8 Å². The number of phenols is 1. The summed E-state index contributed by atoms with van der Waals surface area (Å²) in [6, 6.07) is 14.3.